The van der Waals surface area contributed by atoms with E-state index < -0.39 is 79.8 Å². The summed E-state index contributed by atoms with van der Waals surface area (Å²) in [6.45, 7) is 22.1. The van der Waals surface area contributed by atoms with E-state index >= 15 is 0 Å². The van der Waals surface area contributed by atoms with Crippen molar-refractivity contribution >= 4 is 94.5 Å². The normalized spacial score (nSPS) is 13.4. The van der Waals surface area contributed by atoms with E-state index in [0.29, 0.717) is 47.2 Å². The first-order valence-corrected chi connectivity index (χ1v) is 30.6. The Morgan fingerprint density at radius 1 is 0.566 bits per heavy atom. The lowest BCUT2D eigenvalue weighted by atomic mass is 9.75. The van der Waals surface area contributed by atoms with Crippen LogP contribution in [-0.4, -0.2) is 150 Å². The molecule has 0 aliphatic carbocycles. The molecule has 0 saturated carbocycles. The van der Waals surface area contributed by atoms with E-state index in [1.54, 1.807) is 71.9 Å². The molecule has 5 aromatic carbocycles. The van der Waals surface area contributed by atoms with Gasteiger partial charge in [0, 0.05) is 36.3 Å². The number of hydrogen-bond acceptors (Lipinski definition) is 23. The predicted octanol–water partition coefficient (Wildman–Crippen LogP) is 9.62. The summed E-state index contributed by atoms with van der Waals surface area (Å²) in [5.41, 5.74) is 3.64. The van der Waals surface area contributed by atoms with Crippen molar-refractivity contribution in [2.24, 2.45) is 5.92 Å². The summed E-state index contributed by atoms with van der Waals surface area (Å²) >= 11 is 5.55. The summed E-state index contributed by atoms with van der Waals surface area (Å²) in [6.07, 6.45) is 2.21. The molecule has 27 nitrogen and oxygen atoms in total. The first-order chi connectivity index (χ1) is 46.5. The van der Waals surface area contributed by atoms with Gasteiger partial charge in [0.1, 0.15) is 17.4 Å². The molecule has 1 unspecified atom stereocenters. The number of benzene rings is 5. The number of likely N-dealkylation sites (tertiary alicyclic amines) is 1. The summed E-state index contributed by atoms with van der Waals surface area (Å²) in [5.74, 6) is -7.42. The monoisotopic (exact) mass is 1400 g/mol. The molecular formula is C71H85ClN4O23. The fourth-order valence-corrected chi connectivity index (χ4v) is 11.0. The number of aryl methyl sites for hydroxylation is 7. The second-order valence-corrected chi connectivity index (χ2v) is 23.2. The van der Waals surface area contributed by atoms with E-state index in [0.717, 1.165) is 47.6 Å². The Hall–Kier alpha value is -10.7. The molecule has 1 N–H and O–H groups in total. The number of nitrogens with zero attached hydrogens (tertiary/aromatic N) is 3. The molecule has 5 aromatic rings. The summed E-state index contributed by atoms with van der Waals surface area (Å²) in [6, 6.07) is 24.6. The molecule has 28 heteroatoms. The summed E-state index contributed by atoms with van der Waals surface area (Å²) in [5, 5.41) is 24.3. The number of rotatable bonds is 18. The molecule has 7 rings (SSSR count). The number of methoxy groups -OCH3 is 8. The Kier molecular flexibility index (Phi) is 32.6. The topological polar surface area (TPSA) is 363 Å². The fraction of sp³-hybridized carbons (Fsp3) is 0.394. The van der Waals surface area contributed by atoms with Crippen molar-refractivity contribution in [1.29, 1.82) is 0 Å². The molecule has 1 fully saturated rings. The van der Waals surface area contributed by atoms with Gasteiger partial charge in [0.15, 0.2) is 22.2 Å². The van der Waals surface area contributed by atoms with Crippen molar-refractivity contribution in [3.05, 3.63) is 190 Å². The van der Waals surface area contributed by atoms with Crippen LogP contribution in [-0.2, 0) is 107 Å². The van der Waals surface area contributed by atoms with Gasteiger partial charge >= 0.3 is 47.8 Å². The summed E-state index contributed by atoms with van der Waals surface area (Å²) < 4.78 is 37.2. The number of carbonyl (C=O) groups is 11. The fourth-order valence-electron chi connectivity index (χ4n) is 10.8. The number of nitro benzene ring substituents is 2. The van der Waals surface area contributed by atoms with E-state index in [1.165, 1.54) is 77.9 Å². The number of carbonyl (C=O) groups excluding carboxylic acids is 11. The largest absolute Gasteiger partial charge is 0.469 e. The van der Waals surface area contributed by atoms with Crippen molar-refractivity contribution in [2.75, 3.05) is 68.7 Å². The quantitative estimate of drug-likeness (QED) is 0.0162. The zero-order valence-electron chi connectivity index (χ0n) is 58.7. The molecule has 1 spiro atoms. The van der Waals surface area contributed by atoms with E-state index in [9.17, 15) is 73.0 Å². The van der Waals surface area contributed by atoms with Crippen molar-refractivity contribution in [1.82, 2.24) is 4.90 Å². The number of amides is 2. The number of nitro groups is 2. The van der Waals surface area contributed by atoms with Crippen LogP contribution in [0.5, 0.6) is 0 Å². The Labute approximate surface area is 579 Å². The Morgan fingerprint density at radius 2 is 0.960 bits per heavy atom. The number of allylic oxidation sites excluding steroid dienone is 1. The number of fused-ring (bicyclic) bond motifs is 2. The molecule has 534 valence electrons. The lowest BCUT2D eigenvalue weighted by Gasteiger charge is -2.29. The zero-order valence-corrected chi connectivity index (χ0v) is 59.4. The first kappa shape index (κ1) is 84.4. The highest BCUT2D eigenvalue weighted by Crippen LogP contribution is 2.46. The highest BCUT2D eigenvalue weighted by molar-refractivity contribution is 6.32. The average molecular weight is 1400 g/mol. The number of nitrogens with one attached hydrogen (secondary N) is 1. The number of halogens is 1. The highest BCUT2D eigenvalue weighted by Gasteiger charge is 2.59. The molecular weight excluding hydrogens is 1310 g/mol. The second-order valence-electron chi connectivity index (χ2n) is 22.8. The number of esters is 8. The van der Waals surface area contributed by atoms with Crippen LogP contribution in [0.25, 0.3) is 0 Å². The summed E-state index contributed by atoms with van der Waals surface area (Å²) in [7, 11) is 9.73. The molecule has 2 aliphatic heterocycles. The number of aldehydes is 1. The SMILES string of the molecule is C=CCC(C(=O)OC)(C(=O)OC)c1ccc(C)cc1C.COC(=O)C(C(=O)OC)c1ccc(C)cc1[N+](=O)[O-].COC(=O)C(C)C.COC(=O)C(CC=O)(C(=O)OC)c1ccc(C)cc1C.COC(=O)[C@@H](C)N1CCC2(C(=O)Nc3cc(C)ccc32)C1=O.Cc1ccc(Cl)c([N+](=O)[O-])c1. The molecule has 0 radical (unpaired) electrons. The minimum Gasteiger partial charge on any atom is -0.469 e. The van der Waals surface area contributed by atoms with E-state index in [1.807, 2.05) is 64.1 Å². The predicted molar refractivity (Wildman–Crippen MR) is 362 cm³/mol. The molecule has 0 bridgehead atoms. The average Bonchev–Trinajstić information content (AvgIpc) is 1.58. The molecule has 0 aromatic heterocycles. The van der Waals surface area contributed by atoms with Gasteiger partial charge in [-0.3, -0.25) is 63.4 Å². The van der Waals surface area contributed by atoms with Crippen LogP contribution >= 0.6 is 11.6 Å². The van der Waals surface area contributed by atoms with Crippen LogP contribution in [0.4, 0.5) is 17.1 Å². The van der Waals surface area contributed by atoms with Crippen molar-refractivity contribution < 1.29 is 100 Å². The maximum Gasteiger partial charge on any atom is 0.328 e. The minimum atomic E-state index is -1.75. The minimum absolute atomic E-state index is 0.00463. The Morgan fingerprint density at radius 3 is 1.33 bits per heavy atom. The van der Waals surface area contributed by atoms with Gasteiger partial charge in [-0.05, 0) is 119 Å². The van der Waals surface area contributed by atoms with Crippen LogP contribution in [0.15, 0.2) is 104 Å². The van der Waals surface area contributed by atoms with Gasteiger partial charge in [0.2, 0.25) is 11.8 Å². The van der Waals surface area contributed by atoms with Gasteiger partial charge in [-0.1, -0.05) is 109 Å². The van der Waals surface area contributed by atoms with Gasteiger partial charge in [-0.15, -0.1) is 6.58 Å². The number of ether oxygens (including phenoxy) is 8. The van der Waals surface area contributed by atoms with Crippen LogP contribution in [0.3, 0.4) is 0 Å². The van der Waals surface area contributed by atoms with Crippen LogP contribution in [0.2, 0.25) is 5.02 Å². The smallest absolute Gasteiger partial charge is 0.328 e. The van der Waals surface area contributed by atoms with Gasteiger partial charge in [-0.2, -0.15) is 0 Å². The van der Waals surface area contributed by atoms with E-state index in [4.69, 9.17) is 35.3 Å². The third-order valence-corrected chi connectivity index (χ3v) is 16.2. The third kappa shape index (κ3) is 20.0. The molecule has 2 atom stereocenters. The molecule has 2 aliphatic rings. The van der Waals surface area contributed by atoms with Crippen LogP contribution in [0.1, 0.15) is 107 Å². The zero-order chi connectivity index (χ0) is 75.6. The van der Waals surface area contributed by atoms with Gasteiger partial charge in [0.25, 0.3) is 11.4 Å². The van der Waals surface area contributed by atoms with Gasteiger partial charge in [0.05, 0.1) is 78.2 Å². The highest BCUT2D eigenvalue weighted by atomic mass is 35.5. The Bertz CT molecular complexity index is 3700. The molecule has 2 amide bonds. The van der Waals surface area contributed by atoms with E-state index in [2.05, 4.69) is 26.1 Å². The van der Waals surface area contributed by atoms with Crippen molar-refractivity contribution in [3.63, 3.8) is 0 Å². The lowest BCUT2D eigenvalue weighted by molar-refractivity contribution is -0.385. The molecule has 2 heterocycles. The third-order valence-electron chi connectivity index (χ3n) is 15.8. The van der Waals surface area contributed by atoms with Crippen LogP contribution < -0.4 is 5.32 Å². The van der Waals surface area contributed by atoms with Crippen LogP contribution in [0, 0.1) is 74.6 Å². The van der Waals surface area contributed by atoms with Crippen molar-refractivity contribution in [2.45, 2.75) is 117 Å². The summed E-state index contributed by atoms with van der Waals surface area (Å²) in [4.78, 5) is 152. The first-order valence-electron chi connectivity index (χ1n) is 30.2. The van der Waals surface area contributed by atoms with Gasteiger partial charge < -0.3 is 52.9 Å². The standard InChI is InChI=1S/C16H18N2O4.C16H20O4.C15H18O5.C12H13NO6.C7H6ClNO2.C5H10O2/c1-9-4-5-11-12(8-9)17-14(20)16(11)6-7-18(15(16)21)10(2)13(19)22-3;1-6-9-16(14(17)19-4,15(18)20-5)13-8-7-11(2)10-12(13)3;1-10-5-6-12(11(2)9-10)15(7-8-16,13(17)19-3)14(18)20-4;1-7-4-5-8(9(6-7)13(16)17)10(11(14)18-2)12(15)19-3;1-5-2-3-6(8)7(4-5)9(10)11;1-4(2)5(6)7-3/h4-5,8,10H,6-7H2,1-3H3,(H,17,20);6-8,10H,1,9H2,2-5H3;5-6,8-9H,7H2,1-4H3;4-6,10H,1-3H3;2-4H,1H3;4H,1-3H3/t10-,16?;;;;;/m1...../s1. The van der Waals surface area contributed by atoms with E-state index in [-0.39, 0.29) is 58.5 Å². The maximum absolute atomic E-state index is 12.9. The molecule has 1 saturated heterocycles. The number of anilines is 1. The lowest BCUT2D eigenvalue weighted by Crippen LogP contribution is -2.47. The number of hydrogen-bond donors (Lipinski definition) is 1. The maximum atomic E-state index is 12.9. The second kappa shape index (κ2) is 38.3. The Balaban J connectivity index is 0.000000415. The molecule has 99 heavy (non-hydrogen) atoms. The van der Waals surface area contributed by atoms with Gasteiger partial charge in [-0.25, -0.2) is 4.79 Å². The van der Waals surface area contributed by atoms with Crippen molar-refractivity contribution in [3.8, 4) is 0 Å².